The van der Waals surface area contributed by atoms with Crippen molar-refractivity contribution < 1.29 is 38.1 Å². The number of nitrogens with zero attached hydrogens (tertiary/aromatic N) is 3. The number of likely N-dealkylation sites (tertiary alicyclic amines) is 2. The third kappa shape index (κ3) is 5.48. The minimum atomic E-state index is -1.40. The summed E-state index contributed by atoms with van der Waals surface area (Å²) in [5.41, 5.74) is -3.36. The molecule has 1 aromatic carbocycles. The second-order valence-electron chi connectivity index (χ2n) is 13.0. The van der Waals surface area contributed by atoms with Gasteiger partial charge in [0.25, 0.3) is 5.91 Å². The standard InChI is InChI=1S/C29H41N3O8/c1-26(2,3)39-24(35)31-21(20-18-38-28(7,8)32(20)25(36)40-27(4,5)6)29(22(31)33)15-12-16-30(29)23(34)37-17-19-13-10-9-11-14-19/h9-11,13-14,20-21H,12,15-18H2,1-8H3/t20-,21+,29-/m0/s1. The second kappa shape index (κ2) is 10.2. The number of β-lactam (4-membered cyclic amide) rings is 1. The van der Waals surface area contributed by atoms with Crippen molar-refractivity contribution in [3.63, 3.8) is 0 Å². The van der Waals surface area contributed by atoms with Gasteiger partial charge in [-0.25, -0.2) is 19.3 Å². The third-order valence-corrected chi connectivity index (χ3v) is 7.27. The van der Waals surface area contributed by atoms with E-state index in [1.54, 1.807) is 55.4 Å². The SMILES string of the molecule is CC(C)(C)OC(=O)N1C(=O)[C@]2(CCCN2C(=O)OCc2ccccc2)[C@H]1[C@@H]1COC(C)(C)N1C(=O)OC(C)(C)C. The van der Waals surface area contributed by atoms with Crippen LogP contribution < -0.4 is 0 Å². The topological polar surface area (TPSA) is 115 Å². The predicted molar refractivity (Wildman–Crippen MR) is 144 cm³/mol. The van der Waals surface area contributed by atoms with E-state index in [9.17, 15) is 19.2 Å². The molecule has 3 saturated heterocycles. The molecule has 0 N–H and O–H groups in total. The van der Waals surface area contributed by atoms with Crippen LogP contribution in [0.1, 0.15) is 73.8 Å². The fourth-order valence-electron chi connectivity index (χ4n) is 5.76. The molecule has 0 saturated carbocycles. The molecular formula is C29H41N3O8. The summed E-state index contributed by atoms with van der Waals surface area (Å²) in [6.45, 7) is 14.2. The van der Waals surface area contributed by atoms with Crippen molar-refractivity contribution in [2.45, 2.75) is 109 Å². The van der Waals surface area contributed by atoms with E-state index in [0.29, 0.717) is 12.8 Å². The fraction of sp³-hybridized carbons (Fsp3) is 0.655. The number of rotatable bonds is 3. The van der Waals surface area contributed by atoms with Crippen LogP contribution in [0.4, 0.5) is 14.4 Å². The van der Waals surface area contributed by atoms with Crippen molar-refractivity contribution in [1.29, 1.82) is 0 Å². The van der Waals surface area contributed by atoms with Gasteiger partial charge in [-0.05, 0) is 73.8 Å². The number of imide groups is 1. The molecule has 3 atom stereocenters. The number of amides is 4. The van der Waals surface area contributed by atoms with E-state index in [1.165, 1.54) is 9.80 Å². The number of hydrogen-bond donors (Lipinski definition) is 0. The summed E-state index contributed by atoms with van der Waals surface area (Å²) in [6, 6.07) is 7.51. The Balaban J connectivity index is 1.70. The Hall–Kier alpha value is -3.34. The average molecular weight is 560 g/mol. The highest BCUT2D eigenvalue weighted by Crippen LogP contribution is 2.50. The highest BCUT2D eigenvalue weighted by molar-refractivity contribution is 6.07. The first-order valence-corrected chi connectivity index (χ1v) is 13.7. The zero-order chi connectivity index (χ0) is 29.7. The van der Waals surface area contributed by atoms with E-state index in [1.807, 2.05) is 30.3 Å². The van der Waals surface area contributed by atoms with E-state index in [2.05, 4.69) is 0 Å². The first kappa shape index (κ1) is 29.6. The van der Waals surface area contributed by atoms with Crippen LogP contribution in [0, 0.1) is 0 Å². The normalized spacial score (nSPS) is 26.1. The molecule has 3 fully saturated rings. The molecule has 11 heteroatoms. The maximum absolute atomic E-state index is 13.9. The first-order chi connectivity index (χ1) is 18.5. The summed E-state index contributed by atoms with van der Waals surface area (Å²) in [5, 5.41) is 0. The van der Waals surface area contributed by atoms with Crippen LogP contribution in [-0.4, -0.2) is 86.6 Å². The van der Waals surface area contributed by atoms with Gasteiger partial charge in [-0.2, -0.15) is 0 Å². The Kier molecular flexibility index (Phi) is 7.59. The smallest absolute Gasteiger partial charge is 0.417 e. The van der Waals surface area contributed by atoms with Crippen LogP contribution in [0.3, 0.4) is 0 Å². The third-order valence-electron chi connectivity index (χ3n) is 7.27. The van der Waals surface area contributed by atoms with Crippen molar-refractivity contribution in [3.05, 3.63) is 35.9 Å². The van der Waals surface area contributed by atoms with Gasteiger partial charge in [-0.1, -0.05) is 30.3 Å². The van der Waals surface area contributed by atoms with Crippen LogP contribution in [0.15, 0.2) is 30.3 Å². The lowest BCUT2D eigenvalue weighted by atomic mass is 9.72. The molecule has 0 bridgehead atoms. The molecule has 0 radical (unpaired) electrons. The second-order valence-corrected chi connectivity index (χ2v) is 13.0. The molecule has 0 unspecified atom stereocenters. The minimum absolute atomic E-state index is 0.0259. The van der Waals surface area contributed by atoms with Crippen LogP contribution in [-0.2, 0) is 30.3 Å². The summed E-state index contributed by atoms with van der Waals surface area (Å²) in [7, 11) is 0. The number of hydrogen-bond acceptors (Lipinski definition) is 8. The lowest BCUT2D eigenvalue weighted by Crippen LogP contribution is -2.84. The summed E-state index contributed by atoms with van der Waals surface area (Å²) in [5.74, 6) is -0.560. The molecule has 4 rings (SSSR count). The average Bonchev–Trinajstić information content (AvgIpc) is 3.41. The quantitative estimate of drug-likeness (QED) is 0.388. The van der Waals surface area contributed by atoms with E-state index in [0.717, 1.165) is 10.5 Å². The van der Waals surface area contributed by atoms with Crippen LogP contribution >= 0.6 is 0 Å². The monoisotopic (exact) mass is 559 g/mol. The number of benzene rings is 1. The van der Waals surface area contributed by atoms with Gasteiger partial charge in [-0.3, -0.25) is 14.6 Å². The maximum atomic E-state index is 13.9. The van der Waals surface area contributed by atoms with Gasteiger partial charge in [0.2, 0.25) is 0 Å². The molecule has 1 aromatic rings. The molecule has 11 nitrogen and oxygen atoms in total. The molecule has 220 valence electrons. The molecule has 3 heterocycles. The number of carbonyl (C=O) groups excluding carboxylic acids is 4. The molecular weight excluding hydrogens is 518 g/mol. The summed E-state index contributed by atoms with van der Waals surface area (Å²) in [4.78, 5) is 58.1. The van der Waals surface area contributed by atoms with Gasteiger partial charge in [0.05, 0.1) is 18.7 Å². The van der Waals surface area contributed by atoms with E-state index < -0.39 is 58.7 Å². The molecule has 0 aromatic heterocycles. The van der Waals surface area contributed by atoms with Crippen molar-refractivity contribution in [1.82, 2.24) is 14.7 Å². The predicted octanol–water partition coefficient (Wildman–Crippen LogP) is 4.68. The lowest BCUT2D eigenvalue weighted by molar-refractivity contribution is -0.174. The highest BCUT2D eigenvalue weighted by Gasteiger charge is 2.73. The Labute approximate surface area is 235 Å². The van der Waals surface area contributed by atoms with Crippen molar-refractivity contribution >= 4 is 24.2 Å². The molecule has 3 aliphatic heterocycles. The Morgan fingerprint density at radius 2 is 1.55 bits per heavy atom. The molecule has 40 heavy (non-hydrogen) atoms. The van der Waals surface area contributed by atoms with E-state index >= 15 is 0 Å². The van der Waals surface area contributed by atoms with Crippen molar-refractivity contribution in [2.75, 3.05) is 13.2 Å². The highest BCUT2D eigenvalue weighted by atomic mass is 16.6. The summed E-state index contributed by atoms with van der Waals surface area (Å²) < 4.78 is 22.9. The molecule has 3 aliphatic rings. The zero-order valence-corrected chi connectivity index (χ0v) is 24.7. The number of ether oxygens (including phenoxy) is 4. The van der Waals surface area contributed by atoms with Gasteiger partial charge in [0, 0.05) is 6.54 Å². The van der Waals surface area contributed by atoms with Gasteiger partial charge in [0.15, 0.2) is 0 Å². The molecule has 1 spiro atoms. The van der Waals surface area contributed by atoms with E-state index in [-0.39, 0.29) is 19.8 Å². The Bertz CT molecular complexity index is 1160. The van der Waals surface area contributed by atoms with Crippen LogP contribution in [0.2, 0.25) is 0 Å². The van der Waals surface area contributed by atoms with Gasteiger partial charge < -0.3 is 18.9 Å². The minimum Gasteiger partial charge on any atom is -0.445 e. The maximum Gasteiger partial charge on any atom is 0.417 e. The van der Waals surface area contributed by atoms with Crippen molar-refractivity contribution in [2.24, 2.45) is 0 Å². The van der Waals surface area contributed by atoms with Crippen LogP contribution in [0.25, 0.3) is 0 Å². The van der Waals surface area contributed by atoms with Crippen molar-refractivity contribution in [3.8, 4) is 0 Å². The largest absolute Gasteiger partial charge is 0.445 e. The lowest BCUT2D eigenvalue weighted by Gasteiger charge is -2.58. The Morgan fingerprint density at radius 3 is 2.15 bits per heavy atom. The fourth-order valence-corrected chi connectivity index (χ4v) is 5.76. The van der Waals surface area contributed by atoms with E-state index in [4.69, 9.17) is 18.9 Å². The molecule has 4 amide bonds. The Morgan fingerprint density at radius 1 is 0.950 bits per heavy atom. The molecule has 0 aliphatic carbocycles. The first-order valence-electron chi connectivity index (χ1n) is 13.7. The zero-order valence-electron chi connectivity index (χ0n) is 24.7. The van der Waals surface area contributed by atoms with Gasteiger partial charge in [-0.15, -0.1) is 0 Å². The van der Waals surface area contributed by atoms with Crippen LogP contribution in [0.5, 0.6) is 0 Å². The van der Waals surface area contributed by atoms with Gasteiger partial charge >= 0.3 is 18.3 Å². The number of carbonyl (C=O) groups is 4. The summed E-state index contributed by atoms with van der Waals surface area (Å²) >= 11 is 0. The van der Waals surface area contributed by atoms with Gasteiger partial charge in [0.1, 0.15) is 29.1 Å². The summed E-state index contributed by atoms with van der Waals surface area (Å²) in [6.07, 6.45) is -1.32.